The van der Waals surface area contributed by atoms with Crippen molar-refractivity contribution in [2.45, 2.75) is 25.3 Å². The predicted molar refractivity (Wildman–Crippen MR) is 76.4 cm³/mol. The lowest BCUT2D eigenvalue weighted by atomic mass is 9.90. The molecule has 1 aromatic carbocycles. The summed E-state index contributed by atoms with van der Waals surface area (Å²) in [6, 6.07) is 6.88. The van der Waals surface area contributed by atoms with Gasteiger partial charge in [-0.3, -0.25) is 0 Å². The van der Waals surface area contributed by atoms with Gasteiger partial charge in [0.25, 0.3) is 0 Å². The van der Waals surface area contributed by atoms with Gasteiger partial charge in [0.15, 0.2) is 0 Å². The van der Waals surface area contributed by atoms with Crippen molar-refractivity contribution in [3.63, 3.8) is 0 Å². The molecule has 1 saturated heterocycles. The number of nitrogens with one attached hydrogen (secondary N) is 1. The second kappa shape index (κ2) is 5.98. The van der Waals surface area contributed by atoms with Gasteiger partial charge in [0.1, 0.15) is 0 Å². The summed E-state index contributed by atoms with van der Waals surface area (Å²) in [5.74, 6) is 0.737. The van der Waals surface area contributed by atoms with E-state index in [0.717, 1.165) is 25.6 Å². The summed E-state index contributed by atoms with van der Waals surface area (Å²) in [5.41, 5.74) is 2.86. The Morgan fingerprint density at radius 3 is 2.59 bits per heavy atom. The Balaban J connectivity index is 2.12. The minimum absolute atomic E-state index is 0.737. The van der Waals surface area contributed by atoms with Crippen molar-refractivity contribution in [3.05, 3.63) is 33.8 Å². The molecular formula is C14H21BrN2. The molecule has 1 heterocycles. The summed E-state index contributed by atoms with van der Waals surface area (Å²) < 4.78 is 1.25. The van der Waals surface area contributed by atoms with Crippen LogP contribution in [0.1, 0.15) is 29.9 Å². The van der Waals surface area contributed by atoms with Crippen molar-refractivity contribution in [2.24, 2.45) is 0 Å². The average Bonchev–Trinajstić information content (AvgIpc) is 2.32. The molecule has 17 heavy (non-hydrogen) atoms. The van der Waals surface area contributed by atoms with Crippen LogP contribution >= 0.6 is 15.9 Å². The van der Waals surface area contributed by atoms with Crippen LogP contribution in [0.25, 0.3) is 0 Å². The normalized spacial score (nSPS) is 17.6. The molecule has 0 atom stereocenters. The van der Waals surface area contributed by atoms with E-state index in [4.69, 9.17) is 0 Å². The summed E-state index contributed by atoms with van der Waals surface area (Å²) in [6.45, 7) is 3.30. The molecule has 0 saturated carbocycles. The molecule has 0 unspecified atom stereocenters. The van der Waals surface area contributed by atoms with Gasteiger partial charge in [-0.1, -0.05) is 28.1 Å². The molecule has 0 radical (unpaired) electrons. The summed E-state index contributed by atoms with van der Waals surface area (Å²) in [6.07, 6.45) is 2.53. The van der Waals surface area contributed by atoms with Crippen LogP contribution in [-0.4, -0.2) is 32.1 Å². The molecular weight excluding hydrogens is 276 g/mol. The van der Waals surface area contributed by atoms with Crippen molar-refractivity contribution in [1.82, 2.24) is 10.2 Å². The van der Waals surface area contributed by atoms with Gasteiger partial charge in [0.2, 0.25) is 0 Å². The van der Waals surface area contributed by atoms with Gasteiger partial charge < -0.3 is 10.2 Å². The zero-order valence-electron chi connectivity index (χ0n) is 10.7. The van der Waals surface area contributed by atoms with Crippen LogP contribution in [0, 0.1) is 0 Å². The zero-order valence-corrected chi connectivity index (χ0v) is 12.3. The quantitative estimate of drug-likeness (QED) is 0.922. The van der Waals surface area contributed by atoms with E-state index in [1.54, 1.807) is 0 Å². The highest BCUT2D eigenvalue weighted by Crippen LogP contribution is 2.29. The van der Waals surface area contributed by atoms with Crippen LogP contribution in [0.3, 0.4) is 0 Å². The molecule has 2 rings (SSSR count). The Hall–Kier alpha value is -0.380. The molecule has 0 aromatic heterocycles. The van der Waals surface area contributed by atoms with Crippen LogP contribution in [0.5, 0.6) is 0 Å². The van der Waals surface area contributed by atoms with Gasteiger partial charge >= 0.3 is 0 Å². The summed E-state index contributed by atoms with van der Waals surface area (Å²) in [5, 5.41) is 3.42. The number of benzene rings is 1. The van der Waals surface area contributed by atoms with Crippen LogP contribution in [0.2, 0.25) is 0 Å². The van der Waals surface area contributed by atoms with E-state index in [2.05, 4.69) is 58.4 Å². The van der Waals surface area contributed by atoms with Crippen LogP contribution in [0.4, 0.5) is 0 Å². The Morgan fingerprint density at radius 2 is 2.00 bits per heavy atom. The second-order valence-electron chi connectivity index (χ2n) is 5.11. The first-order valence-electron chi connectivity index (χ1n) is 6.30. The van der Waals surface area contributed by atoms with Crippen LogP contribution < -0.4 is 5.32 Å². The van der Waals surface area contributed by atoms with E-state index in [-0.39, 0.29) is 0 Å². The van der Waals surface area contributed by atoms with Crippen molar-refractivity contribution in [2.75, 3.05) is 27.2 Å². The maximum absolute atomic E-state index is 3.70. The molecule has 1 N–H and O–H groups in total. The van der Waals surface area contributed by atoms with E-state index in [1.165, 1.54) is 28.4 Å². The van der Waals surface area contributed by atoms with E-state index < -0.39 is 0 Å². The van der Waals surface area contributed by atoms with Gasteiger partial charge in [-0.05, 0) is 63.1 Å². The third kappa shape index (κ3) is 3.54. The van der Waals surface area contributed by atoms with Gasteiger partial charge in [-0.15, -0.1) is 0 Å². The minimum Gasteiger partial charge on any atom is -0.317 e. The number of hydrogen-bond donors (Lipinski definition) is 1. The maximum atomic E-state index is 3.70. The molecule has 1 aliphatic rings. The molecule has 1 aliphatic heterocycles. The zero-order chi connectivity index (χ0) is 12.3. The molecule has 0 aliphatic carbocycles. The molecule has 0 amide bonds. The summed E-state index contributed by atoms with van der Waals surface area (Å²) >= 11 is 3.70. The van der Waals surface area contributed by atoms with E-state index >= 15 is 0 Å². The first kappa shape index (κ1) is 13.1. The summed E-state index contributed by atoms with van der Waals surface area (Å²) in [7, 11) is 4.21. The smallest absolute Gasteiger partial charge is 0.0238 e. The lowest BCUT2D eigenvalue weighted by Crippen LogP contribution is -2.26. The van der Waals surface area contributed by atoms with Crippen molar-refractivity contribution in [3.8, 4) is 0 Å². The highest BCUT2D eigenvalue weighted by molar-refractivity contribution is 9.10. The van der Waals surface area contributed by atoms with Crippen molar-refractivity contribution >= 4 is 15.9 Å². The van der Waals surface area contributed by atoms with Crippen LogP contribution in [0.15, 0.2) is 22.7 Å². The SMILES string of the molecule is CN(C)Cc1ccc(C2CCNCC2)cc1Br. The molecule has 1 aromatic rings. The molecule has 1 fully saturated rings. The molecule has 0 spiro atoms. The number of halogens is 1. The van der Waals surface area contributed by atoms with Gasteiger partial charge in [-0.2, -0.15) is 0 Å². The highest BCUT2D eigenvalue weighted by atomic mass is 79.9. The second-order valence-corrected chi connectivity index (χ2v) is 5.97. The largest absolute Gasteiger partial charge is 0.317 e. The van der Waals surface area contributed by atoms with Gasteiger partial charge in [0.05, 0.1) is 0 Å². The number of hydrogen-bond acceptors (Lipinski definition) is 2. The van der Waals surface area contributed by atoms with E-state index in [1.807, 2.05) is 0 Å². The third-order valence-electron chi connectivity index (χ3n) is 3.37. The van der Waals surface area contributed by atoms with Gasteiger partial charge in [-0.25, -0.2) is 0 Å². The topological polar surface area (TPSA) is 15.3 Å². The fraction of sp³-hybridized carbons (Fsp3) is 0.571. The Bertz CT molecular complexity index is 370. The Kier molecular flexibility index (Phi) is 4.60. The fourth-order valence-corrected chi connectivity index (χ4v) is 2.96. The van der Waals surface area contributed by atoms with E-state index in [0.29, 0.717) is 0 Å². The fourth-order valence-electron chi connectivity index (χ4n) is 2.44. The lowest BCUT2D eigenvalue weighted by Gasteiger charge is -2.23. The number of nitrogens with zero attached hydrogens (tertiary/aromatic N) is 1. The summed E-state index contributed by atoms with van der Waals surface area (Å²) in [4.78, 5) is 2.20. The van der Waals surface area contributed by atoms with Crippen molar-refractivity contribution in [1.29, 1.82) is 0 Å². The maximum Gasteiger partial charge on any atom is 0.0238 e. The van der Waals surface area contributed by atoms with E-state index in [9.17, 15) is 0 Å². The predicted octanol–water partition coefficient (Wildman–Crippen LogP) is 2.98. The Morgan fingerprint density at radius 1 is 1.29 bits per heavy atom. The van der Waals surface area contributed by atoms with Crippen molar-refractivity contribution < 1.29 is 0 Å². The average molecular weight is 297 g/mol. The molecule has 94 valence electrons. The lowest BCUT2D eigenvalue weighted by molar-refractivity contribution is 0.401. The first-order chi connectivity index (χ1) is 8.16. The number of rotatable bonds is 3. The number of piperidine rings is 1. The molecule has 0 bridgehead atoms. The van der Waals surface area contributed by atoms with Crippen LogP contribution in [-0.2, 0) is 6.54 Å². The molecule has 3 heteroatoms. The first-order valence-corrected chi connectivity index (χ1v) is 7.10. The third-order valence-corrected chi connectivity index (χ3v) is 4.11. The minimum atomic E-state index is 0.737. The standard InChI is InChI=1S/C14H21BrN2/c1-17(2)10-13-4-3-12(9-14(13)15)11-5-7-16-8-6-11/h3-4,9,11,16H,5-8,10H2,1-2H3. The molecule has 2 nitrogen and oxygen atoms in total. The highest BCUT2D eigenvalue weighted by Gasteiger charge is 2.15. The van der Waals surface area contributed by atoms with Gasteiger partial charge in [0, 0.05) is 11.0 Å². The Labute approximate surface area is 113 Å². The monoisotopic (exact) mass is 296 g/mol.